The van der Waals surface area contributed by atoms with Crippen molar-refractivity contribution in [3.63, 3.8) is 0 Å². The van der Waals surface area contributed by atoms with E-state index in [-0.39, 0.29) is 20.8 Å². The average Bonchev–Trinajstić information content (AvgIpc) is 2.50. The first-order valence-electron chi connectivity index (χ1n) is 6.84. The van der Waals surface area contributed by atoms with Crippen molar-refractivity contribution in [1.29, 1.82) is 0 Å². The van der Waals surface area contributed by atoms with Gasteiger partial charge in [-0.2, -0.15) is 0 Å². The second-order valence-electron chi connectivity index (χ2n) is 4.96. The monoisotopic (exact) mass is 492 g/mol. The maximum absolute atomic E-state index is 13.8. The first-order chi connectivity index (χ1) is 11.7. The number of halogens is 4. The van der Waals surface area contributed by atoms with E-state index in [1.54, 1.807) is 19.1 Å². The third-order valence-corrected chi connectivity index (χ3v) is 4.45. The fraction of sp³-hybridized carbons (Fsp3) is 0.125. The summed E-state index contributed by atoms with van der Waals surface area (Å²) in [6, 6.07) is 5.17. The van der Waals surface area contributed by atoms with Crippen molar-refractivity contribution >= 4 is 60.8 Å². The molecule has 0 unspecified atom stereocenters. The molecule has 0 saturated carbocycles. The van der Waals surface area contributed by atoms with Crippen LogP contribution in [0.25, 0.3) is 0 Å². The van der Waals surface area contributed by atoms with Gasteiger partial charge in [0.15, 0.2) is 10.9 Å². The van der Waals surface area contributed by atoms with Gasteiger partial charge in [-0.1, -0.05) is 15.9 Å². The Labute approximate surface area is 165 Å². The molecule has 0 radical (unpaired) electrons. The standard InChI is InChI=1S/C16H12Br2F2N2O2S/c1-7-3-8(17)4-10(14(7)24-2)15(23)22-16(25)21-13-11(18)5-9(19)6-12(13)20/h3-6H,1-2H3,(H2,21,22,23,25). The molecule has 0 spiro atoms. The van der Waals surface area contributed by atoms with E-state index in [0.717, 1.165) is 11.6 Å². The zero-order chi connectivity index (χ0) is 18.7. The molecule has 0 aliphatic carbocycles. The van der Waals surface area contributed by atoms with Gasteiger partial charge in [0.05, 0.1) is 18.4 Å². The Balaban J connectivity index is 2.21. The van der Waals surface area contributed by atoms with E-state index in [1.807, 2.05) is 0 Å². The minimum atomic E-state index is -0.848. The van der Waals surface area contributed by atoms with Gasteiger partial charge >= 0.3 is 0 Å². The van der Waals surface area contributed by atoms with Crippen molar-refractivity contribution in [3.8, 4) is 5.75 Å². The zero-order valence-electron chi connectivity index (χ0n) is 13.0. The number of methoxy groups -OCH3 is 1. The van der Waals surface area contributed by atoms with E-state index in [2.05, 4.69) is 42.5 Å². The summed E-state index contributed by atoms with van der Waals surface area (Å²) in [4.78, 5) is 12.4. The molecule has 2 rings (SSSR count). The number of amides is 1. The maximum Gasteiger partial charge on any atom is 0.261 e. The summed E-state index contributed by atoms with van der Waals surface area (Å²) in [5.74, 6) is -1.71. The van der Waals surface area contributed by atoms with Crippen molar-refractivity contribution in [2.75, 3.05) is 12.4 Å². The zero-order valence-corrected chi connectivity index (χ0v) is 17.0. The molecule has 0 heterocycles. The molecule has 4 nitrogen and oxygen atoms in total. The Bertz CT molecular complexity index is 839. The number of ether oxygens (including phenoxy) is 1. The quantitative estimate of drug-likeness (QED) is 0.595. The molecular weight excluding hydrogens is 482 g/mol. The van der Waals surface area contributed by atoms with E-state index in [9.17, 15) is 13.6 Å². The first-order valence-corrected chi connectivity index (χ1v) is 8.83. The number of carbonyl (C=O) groups excluding carboxylic acids is 1. The molecule has 2 aromatic carbocycles. The summed E-state index contributed by atoms with van der Waals surface area (Å²) in [6.45, 7) is 1.79. The van der Waals surface area contributed by atoms with E-state index in [0.29, 0.717) is 16.3 Å². The van der Waals surface area contributed by atoms with Crippen LogP contribution in [0.3, 0.4) is 0 Å². The van der Waals surface area contributed by atoms with Gasteiger partial charge in [-0.15, -0.1) is 0 Å². The van der Waals surface area contributed by atoms with Crippen LogP contribution < -0.4 is 15.4 Å². The van der Waals surface area contributed by atoms with Crippen molar-refractivity contribution in [1.82, 2.24) is 5.32 Å². The normalized spacial score (nSPS) is 10.3. The van der Waals surface area contributed by atoms with E-state index in [1.165, 1.54) is 7.11 Å². The summed E-state index contributed by atoms with van der Waals surface area (Å²) < 4.78 is 33.0. The lowest BCUT2D eigenvalue weighted by Crippen LogP contribution is -2.34. The Hall–Kier alpha value is -1.58. The van der Waals surface area contributed by atoms with Crippen LogP contribution in [-0.4, -0.2) is 18.1 Å². The van der Waals surface area contributed by atoms with Crippen molar-refractivity contribution in [2.24, 2.45) is 0 Å². The highest BCUT2D eigenvalue weighted by molar-refractivity contribution is 9.10. The minimum Gasteiger partial charge on any atom is -0.496 e. The molecule has 25 heavy (non-hydrogen) atoms. The second-order valence-corrected chi connectivity index (χ2v) is 7.13. The van der Waals surface area contributed by atoms with Crippen LogP contribution in [0.15, 0.2) is 33.2 Å². The molecule has 132 valence electrons. The van der Waals surface area contributed by atoms with Crippen molar-refractivity contribution in [2.45, 2.75) is 6.92 Å². The number of benzene rings is 2. The van der Waals surface area contributed by atoms with E-state index >= 15 is 0 Å². The van der Waals surface area contributed by atoms with E-state index < -0.39 is 17.5 Å². The SMILES string of the molecule is COc1c(C)cc(Br)cc1C(=O)NC(=S)Nc1c(F)cc(F)cc1Br. The minimum absolute atomic E-state index is 0.0795. The lowest BCUT2D eigenvalue weighted by Gasteiger charge is -2.14. The van der Waals surface area contributed by atoms with Crippen LogP contribution in [0.5, 0.6) is 5.75 Å². The lowest BCUT2D eigenvalue weighted by atomic mass is 10.1. The predicted molar refractivity (Wildman–Crippen MR) is 103 cm³/mol. The highest BCUT2D eigenvalue weighted by atomic mass is 79.9. The largest absolute Gasteiger partial charge is 0.496 e. The van der Waals surface area contributed by atoms with E-state index in [4.69, 9.17) is 17.0 Å². The number of aryl methyl sites for hydroxylation is 1. The first kappa shape index (κ1) is 19.7. The summed E-state index contributed by atoms with van der Waals surface area (Å²) in [6.07, 6.45) is 0. The molecular formula is C16H12Br2F2N2O2S. The number of rotatable bonds is 3. The molecule has 0 bridgehead atoms. The summed E-state index contributed by atoms with van der Waals surface area (Å²) in [5.41, 5.74) is 0.939. The Morgan fingerprint density at radius 3 is 2.48 bits per heavy atom. The highest BCUT2D eigenvalue weighted by Crippen LogP contribution is 2.28. The highest BCUT2D eigenvalue weighted by Gasteiger charge is 2.18. The smallest absolute Gasteiger partial charge is 0.261 e. The van der Waals surface area contributed by atoms with Crippen molar-refractivity contribution in [3.05, 3.63) is 56.0 Å². The average molecular weight is 494 g/mol. The molecule has 0 saturated heterocycles. The van der Waals surface area contributed by atoms with Gasteiger partial charge in [0.1, 0.15) is 11.6 Å². The number of carbonyl (C=O) groups is 1. The van der Waals surface area contributed by atoms with Crippen LogP contribution in [0.4, 0.5) is 14.5 Å². The Morgan fingerprint density at radius 2 is 1.88 bits per heavy atom. The molecule has 2 aromatic rings. The fourth-order valence-electron chi connectivity index (χ4n) is 2.15. The molecule has 0 aliphatic heterocycles. The predicted octanol–water partition coefficient (Wildman–Crippen LogP) is 4.93. The van der Waals surface area contributed by atoms with Gasteiger partial charge in [-0.05, 0) is 58.8 Å². The Kier molecular flexibility index (Phi) is 6.47. The molecule has 1 amide bonds. The second kappa shape index (κ2) is 8.20. The van der Waals surface area contributed by atoms with Gasteiger partial charge < -0.3 is 10.1 Å². The molecule has 9 heteroatoms. The number of hydrogen-bond acceptors (Lipinski definition) is 3. The van der Waals surface area contributed by atoms with Gasteiger partial charge in [0, 0.05) is 15.0 Å². The fourth-order valence-corrected chi connectivity index (χ4v) is 3.42. The van der Waals surface area contributed by atoms with Crippen LogP contribution in [0.1, 0.15) is 15.9 Å². The van der Waals surface area contributed by atoms with Crippen molar-refractivity contribution < 1.29 is 18.3 Å². The summed E-state index contributed by atoms with van der Waals surface area (Å²) >= 11 is 11.4. The topological polar surface area (TPSA) is 50.4 Å². The Morgan fingerprint density at radius 1 is 1.20 bits per heavy atom. The van der Waals surface area contributed by atoms with Crippen LogP contribution in [0.2, 0.25) is 0 Å². The van der Waals surface area contributed by atoms with Crippen LogP contribution >= 0.6 is 44.1 Å². The third kappa shape index (κ3) is 4.74. The van der Waals surface area contributed by atoms with Gasteiger partial charge in [0.2, 0.25) is 0 Å². The number of nitrogens with one attached hydrogen (secondary N) is 2. The summed E-state index contributed by atoms with van der Waals surface area (Å²) in [5, 5.41) is 4.83. The molecule has 0 aromatic heterocycles. The van der Waals surface area contributed by atoms with Crippen LogP contribution in [-0.2, 0) is 0 Å². The molecule has 0 atom stereocenters. The maximum atomic E-state index is 13.8. The molecule has 2 N–H and O–H groups in total. The summed E-state index contributed by atoms with van der Waals surface area (Å²) in [7, 11) is 1.45. The molecule has 0 aliphatic rings. The third-order valence-electron chi connectivity index (χ3n) is 3.16. The number of hydrogen-bond donors (Lipinski definition) is 2. The number of anilines is 1. The van der Waals surface area contributed by atoms with Crippen LogP contribution in [0, 0.1) is 18.6 Å². The van der Waals surface area contributed by atoms with Gasteiger partial charge in [-0.25, -0.2) is 8.78 Å². The lowest BCUT2D eigenvalue weighted by molar-refractivity contribution is 0.0974. The van der Waals surface area contributed by atoms with Gasteiger partial charge in [0.25, 0.3) is 5.91 Å². The molecule has 0 fully saturated rings. The van der Waals surface area contributed by atoms with Gasteiger partial charge in [-0.3, -0.25) is 10.1 Å². The number of thiocarbonyl (C=S) groups is 1.